The lowest BCUT2D eigenvalue weighted by Gasteiger charge is -2.11. The molecule has 7 heteroatoms. The number of non-ortho nitro benzene ring substituents is 1. The van der Waals surface area contributed by atoms with Gasteiger partial charge in [-0.1, -0.05) is 46.3 Å². The summed E-state index contributed by atoms with van der Waals surface area (Å²) in [5.41, 5.74) is 0.732. The fraction of sp³-hybridized carbons (Fsp3) is 0.143. The lowest BCUT2D eigenvalue weighted by molar-refractivity contribution is -0.384. The SMILES string of the molecule is O=[N+]([O-])c1ccc(S(=O)(=O)C[C@@H](Br)c2ccccc2)cc1. The molecule has 0 radical (unpaired) electrons. The van der Waals surface area contributed by atoms with Crippen molar-refractivity contribution >= 4 is 31.5 Å². The predicted octanol–water partition coefficient (Wildman–Crippen LogP) is 3.50. The Hall–Kier alpha value is -1.73. The van der Waals surface area contributed by atoms with Gasteiger partial charge in [-0.3, -0.25) is 10.1 Å². The van der Waals surface area contributed by atoms with Crippen molar-refractivity contribution in [1.82, 2.24) is 0 Å². The highest BCUT2D eigenvalue weighted by Crippen LogP contribution is 2.27. The maximum Gasteiger partial charge on any atom is 0.269 e. The minimum absolute atomic E-state index is 0.0773. The van der Waals surface area contributed by atoms with Crippen LogP contribution in [0.15, 0.2) is 59.5 Å². The zero-order valence-corrected chi connectivity index (χ0v) is 13.2. The molecule has 2 aromatic carbocycles. The Morgan fingerprint density at radius 2 is 1.62 bits per heavy atom. The molecule has 0 aliphatic heterocycles. The van der Waals surface area contributed by atoms with Gasteiger partial charge < -0.3 is 0 Å². The Bertz CT molecular complexity index is 729. The van der Waals surface area contributed by atoms with Crippen molar-refractivity contribution in [2.24, 2.45) is 0 Å². The molecule has 0 saturated carbocycles. The Kier molecular flexibility index (Phi) is 4.74. The van der Waals surface area contributed by atoms with Crippen molar-refractivity contribution in [2.45, 2.75) is 9.72 Å². The van der Waals surface area contributed by atoms with Crippen LogP contribution in [-0.2, 0) is 9.84 Å². The van der Waals surface area contributed by atoms with E-state index in [1.807, 2.05) is 30.3 Å². The van der Waals surface area contributed by atoms with Gasteiger partial charge in [0.2, 0.25) is 0 Å². The first-order valence-corrected chi connectivity index (χ1v) is 8.63. The van der Waals surface area contributed by atoms with Crippen LogP contribution in [0, 0.1) is 10.1 Å². The summed E-state index contributed by atoms with van der Waals surface area (Å²) in [6.07, 6.45) is 0. The summed E-state index contributed by atoms with van der Waals surface area (Å²) in [7, 11) is -3.52. The lowest BCUT2D eigenvalue weighted by Crippen LogP contribution is -2.11. The van der Waals surface area contributed by atoms with E-state index in [0.717, 1.165) is 5.56 Å². The van der Waals surface area contributed by atoms with Crippen molar-refractivity contribution in [1.29, 1.82) is 0 Å². The number of hydrogen-bond donors (Lipinski definition) is 0. The third kappa shape index (κ3) is 3.89. The van der Waals surface area contributed by atoms with Gasteiger partial charge in [-0.2, -0.15) is 0 Å². The van der Waals surface area contributed by atoms with Crippen LogP contribution < -0.4 is 0 Å². The van der Waals surface area contributed by atoms with E-state index in [0.29, 0.717) is 0 Å². The van der Waals surface area contributed by atoms with Crippen LogP contribution in [0.3, 0.4) is 0 Å². The van der Waals surface area contributed by atoms with Gasteiger partial charge in [0, 0.05) is 12.1 Å². The molecule has 0 heterocycles. The van der Waals surface area contributed by atoms with Crippen molar-refractivity contribution < 1.29 is 13.3 Å². The van der Waals surface area contributed by atoms with Crippen LogP contribution in [0.25, 0.3) is 0 Å². The summed E-state index contributed by atoms with van der Waals surface area (Å²) in [5, 5.41) is 10.6. The molecule has 0 bridgehead atoms. The molecule has 0 aliphatic carbocycles. The number of nitro benzene ring substituents is 1. The van der Waals surface area contributed by atoms with E-state index >= 15 is 0 Å². The molecule has 21 heavy (non-hydrogen) atoms. The molecular formula is C14H12BrNO4S. The van der Waals surface area contributed by atoms with Crippen LogP contribution in [-0.4, -0.2) is 19.1 Å². The van der Waals surface area contributed by atoms with Gasteiger partial charge in [0.1, 0.15) is 0 Å². The standard InChI is InChI=1S/C14H12BrNO4S/c15-14(11-4-2-1-3-5-11)10-21(19,20)13-8-6-12(7-9-13)16(17)18/h1-9,14H,10H2/t14-/m1/s1. The molecule has 0 amide bonds. The van der Waals surface area contributed by atoms with Crippen molar-refractivity contribution in [3.63, 3.8) is 0 Å². The molecule has 0 spiro atoms. The summed E-state index contributed by atoms with van der Waals surface area (Å²) in [4.78, 5) is 9.75. The van der Waals surface area contributed by atoms with Crippen LogP contribution in [0.4, 0.5) is 5.69 Å². The third-order valence-electron chi connectivity index (χ3n) is 2.93. The van der Waals surface area contributed by atoms with Crippen LogP contribution in [0.5, 0.6) is 0 Å². The Morgan fingerprint density at radius 3 is 2.14 bits per heavy atom. The highest BCUT2D eigenvalue weighted by molar-refractivity contribution is 9.09. The smallest absolute Gasteiger partial charge is 0.258 e. The topological polar surface area (TPSA) is 77.3 Å². The van der Waals surface area contributed by atoms with E-state index in [9.17, 15) is 18.5 Å². The second kappa shape index (κ2) is 6.36. The van der Waals surface area contributed by atoms with Gasteiger partial charge in [0.05, 0.1) is 20.4 Å². The number of nitrogens with zero attached hydrogens (tertiary/aromatic N) is 1. The fourth-order valence-corrected chi connectivity index (χ4v) is 4.49. The minimum atomic E-state index is -3.52. The van der Waals surface area contributed by atoms with Gasteiger partial charge in [-0.05, 0) is 17.7 Å². The Morgan fingerprint density at radius 1 is 1.05 bits per heavy atom. The molecule has 0 saturated heterocycles. The van der Waals surface area contributed by atoms with Crippen LogP contribution in [0.2, 0.25) is 0 Å². The van der Waals surface area contributed by atoms with Crippen LogP contribution in [0.1, 0.15) is 10.4 Å². The van der Waals surface area contributed by atoms with E-state index < -0.39 is 14.8 Å². The number of nitro groups is 1. The highest BCUT2D eigenvalue weighted by atomic mass is 79.9. The van der Waals surface area contributed by atoms with E-state index in [1.165, 1.54) is 24.3 Å². The van der Waals surface area contributed by atoms with Gasteiger partial charge in [0.25, 0.3) is 5.69 Å². The largest absolute Gasteiger partial charge is 0.269 e. The number of benzene rings is 2. The van der Waals surface area contributed by atoms with Crippen molar-refractivity contribution in [3.05, 3.63) is 70.3 Å². The number of halogens is 1. The second-order valence-electron chi connectivity index (χ2n) is 4.41. The van der Waals surface area contributed by atoms with Gasteiger partial charge in [0.15, 0.2) is 9.84 Å². The highest BCUT2D eigenvalue weighted by Gasteiger charge is 2.21. The summed E-state index contributed by atoms with van der Waals surface area (Å²) in [6, 6.07) is 14.1. The number of alkyl halides is 1. The van der Waals surface area contributed by atoms with E-state index in [1.54, 1.807) is 0 Å². The molecular weight excluding hydrogens is 358 g/mol. The van der Waals surface area contributed by atoms with Gasteiger partial charge in [-0.15, -0.1) is 0 Å². The van der Waals surface area contributed by atoms with Gasteiger partial charge >= 0.3 is 0 Å². The molecule has 0 aromatic heterocycles. The zero-order chi connectivity index (χ0) is 15.5. The van der Waals surface area contributed by atoms with E-state index in [4.69, 9.17) is 0 Å². The number of rotatable bonds is 5. The molecule has 0 N–H and O–H groups in total. The summed E-state index contributed by atoms with van der Waals surface area (Å²) < 4.78 is 24.6. The normalized spacial score (nSPS) is 12.8. The lowest BCUT2D eigenvalue weighted by atomic mass is 10.2. The zero-order valence-electron chi connectivity index (χ0n) is 10.8. The van der Waals surface area contributed by atoms with Crippen LogP contribution >= 0.6 is 15.9 Å². The first-order chi connectivity index (χ1) is 9.90. The number of sulfone groups is 1. The molecule has 2 rings (SSSR count). The molecule has 5 nitrogen and oxygen atoms in total. The quantitative estimate of drug-likeness (QED) is 0.459. The number of hydrogen-bond acceptors (Lipinski definition) is 4. The summed E-state index contributed by atoms with van der Waals surface area (Å²) in [5.74, 6) is -0.116. The Balaban J connectivity index is 2.20. The molecule has 0 unspecified atom stereocenters. The fourth-order valence-electron chi connectivity index (χ4n) is 1.82. The third-order valence-corrected chi connectivity index (χ3v) is 5.98. The average molecular weight is 370 g/mol. The second-order valence-corrected chi connectivity index (χ2v) is 7.55. The van der Waals surface area contributed by atoms with Gasteiger partial charge in [-0.25, -0.2) is 8.42 Å². The van der Waals surface area contributed by atoms with Crippen molar-refractivity contribution in [3.8, 4) is 0 Å². The maximum absolute atomic E-state index is 12.3. The first kappa shape index (κ1) is 15.7. The van der Waals surface area contributed by atoms with Crippen molar-refractivity contribution in [2.75, 3.05) is 5.75 Å². The molecule has 1 atom stereocenters. The molecule has 2 aromatic rings. The average Bonchev–Trinajstić information content (AvgIpc) is 2.48. The summed E-state index contributed by atoms with van der Waals surface area (Å²) in [6.45, 7) is 0. The molecule has 110 valence electrons. The summed E-state index contributed by atoms with van der Waals surface area (Å²) >= 11 is 3.37. The molecule has 0 fully saturated rings. The Labute approximate surface area is 130 Å². The van der Waals surface area contributed by atoms with E-state index in [2.05, 4.69) is 15.9 Å². The predicted molar refractivity (Wildman–Crippen MR) is 83.3 cm³/mol. The minimum Gasteiger partial charge on any atom is -0.258 e. The van der Waals surface area contributed by atoms with E-state index in [-0.39, 0.29) is 21.2 Å². The monoisotopic (exact) mass is 369 g/mol. The first-order valence-electron chi connectivity index (χ1n) is 6.06. The maximum atomic E-state index is 12.3. The molecule has 0 aliphatic rings.